The summed E-state index contributed by atoms with van der Waals surface area (Å²) in [6, 6.07) is 12.4. The summed E-state index contributed by atoms with van der Waals surface area (Å²) < 4.78 is 44.1. The molecule has 0 aromatic heterocycles. The van der Waals surface area contributed by atoms with E-state index in [1.54, 1.807) is 12.1 Å². The Kier molecular flexibility index (Phi) is 5.44. The minimum Gasteiger partial charge on any atom is -0.363 e. The highest BCUT2D eigenvalue weighted by Gasteiger charge is 2.41. The van der Waals surface area contributed by atoms with Crippen LogP contribution in [0.3, 0.4) is 0 Å². The number of halogens is 1. The number of hydrogen-bond acceptors (Lipinski definition) is 4. The van der Waals surface area contributed by atoms with Crippen molar-refractivity contribution in [2.24, 2.45) is 5.92 Å². The highest BCUT2D eigenvalue weighted by Crippen LogP contribution is 2.37. The molecule has 5 nitrogen and oxygen atoms in total. The molecule has 0 radical (unpaired) electrons. The lowest BCUT2D eigenvalue weighted by atomic mass is 10.1. The number of fused-ring (bicyclic) bond motifs is 1. The normalized spacial score (nSPS) is 22.1. The third-order valence-corrected chi connectivity index (χ3v) is 7.07. The zero-order valence-electron chi connectivity index (χ0n) is 16.2. The van der Waals surface area contributed by atoms with Gasteiger partial charge in [0.2, 0.25) is 0 Å². The number of nitrogens with one attached hydrogen (secondary N) is 1. The molecule has 2 aromatic carbocycles. The lowest BCUT2D eigenvalue weighted by molar-refractivity contribution is -0.134. The van der Waals surface area contributed by atoms with Gasteiger partial charge >= 0.3 is 0 Å². The Balaban J connectivity index is 1.57. The van der Waals surface area contributed by atoms with Crippen LogP contribution in [0.15, 0.2) is 48.5 Å². The monoisotopic (exact) mass is 417 g/mol. The molecular formula is C22H24FNO4S. The molecule has 0 heterocycles. The van der Waals surface area contributed by atoms with Crippen molar-refractivity contribution in [2.45, 2.75) is 36.7 Å². The molecule has 1 amide bonds. The maximum atomic E-state index is 13.3. The van der Waals surface area contributed by atoms with Crippen molar-refractivity contribution in [3.05, 3.63) is 71.0 Å². The molecule has 1 unspecified atom stereocenters. The van der Waals surface area contributed by atoms with Gasteiger partial charge in [-0.05, 0) is 54.0 Å². The molecule has 29 heavy (non-hydrogen) atoms. The quantitative estimate of drug-likeness (QED) is 0.751. The van der Waals surface area contributed by atoms with Crippen LogP contribution in [0.4, 0.5) is 4.39 Å². The third-order valence-electron chi connectivity index (χ3n) is 5.56. The summed E-state index contributed by atoms with van der Waals surface area (Å²) in [5.41, 5.74) is 2.21. The van der Waals surface area contributed by atoms with E-state index in [9.17, 15) is 17.6 Å². The zero-order chi connectivity index (χ0) is 20.6. The van der Waals surface area contributed by atoms with Gasteiger partial charge in [0.25, 0.3) is 5.91 Å². The average Bonchev–Trinajstić information content (AvgIpc) is 3.41. The van der Waals surface area contributed by atoms with E-state index >= 15 is 0 Å². The van der Waals surface area contributed by atoms with E-state index in [2.05, 4.69) is 5.32 Å². The Bertz CT molecular complexity index is 1000. The SMILES string of the molecule is CS(=O)(=O)[C@H]1c2ccccc2C[C@@H]1NC(=O)C(OCC1CC1)c1ccc(F)cc1. The molecule has 2 aromatic rings. The molecule has 1 saturated carbocycles. The topological polar surface area (TPSA) is 72.5 Å². The Labute approximate surface area is 170 Å². The molecular weight excluding hydrogens is 393 g/mol. The van der Waals surface area contributed by atoms with E-state index in [0.29, 0.717) is 24.5 Å². The summed E-state index contributed by atoms with van der Waals surface area (Å²) in [6.07, 6.45) is 2.89. The highest BCUT2D eigenvalue weighted by molar-refractivity contribution is 7.91. The van der Waals surface area contributed by atoms with Gasteiger partial charge in [0.05, 0.1) is 12.6 Å². The van der Waals surface area contributed by atoms with Crippen molar-refractivity contribution in [3.8, 4) is 0 Å². The van der Waals surface area contributed by atoms with Crippen LogP contribution in [-0.2, 0) is 25.8 Å². The van der Waals surface area contributed by atoms with Gasteiger partial charge < -0.3 is 10.1 Å². The van der Waals surface area contributed by atoms with E-state index in [1.807, 2.05) is 12.1 Å². The predicted octanol–water partition coefficient (Wildman–Crippen LogP) is 3.12. The van der Waals surface area contributed by atoms with Crippen LogP contribution < -0.4 is 5.32 Å². The average molecular weight is 418 g/mol. The molecule has 0 spiro atoms. The molecule has 2 aliphatic rings. The zero-order valence-corrected chi connectivity index (χ0v) is 17.0. The number of carbonyl (C=O) groups excluding carboxylic acids is 1. The molecule has 0 aliphatic heterocycles. The number of hydrogen-bond donors (Lipinski definition) is 1. The molecule has 2 aliphatic carbocycles. The van der Waals surface area contributed by atoms with Crippen LogP contribution in [0.5, 0.6) is 0 Å². The highest BCUT2D eigenvalue weighted by atomic mass is 32.2. The van der Waals surface area contributed by atoms with Crippen LogP contribution in [0.1, 0.15) is 40.9 Å². The van der Waals surface area contributed by atoms with Crippen molar-refractivity contribution in [2.75, 3.05) is 12.9 Å². The van der Waals surface area contributed by atoms with E-state index < -0.39 is 39.0 Å². The second-order valence-corrected chi connectivity index (χ2v) is 10.1. The maximum absolute atomic E-state index is 13.3. The van der Waals surface area contributed by atoms with Crippen molar-refractivity contribution in [1.29, 1.82) is 0 Å². The summed E-state index contributed by atoms with van der Waals surface area (Å²) in [5.74, 6) is -0.340. The van der Waals surface area contributed by atoms with Crippen LogP contribution in [0, 0.1) is 11.7 Å². The molecule has 0 saturated heterocycles. The largest absolute Gasteiger partial charge is 0.363 e. The fraction of sp³-hybridized carbons (Fsp3) is 0.409. The third kappa shape index (κ3) is 4.51. The van der Waals surface area contributed by atoms with Gasteiger partial charge in [-0.15, -0.1) is 0 Å². The molecule has 1 N–H and O–H groups in total. The first-order chi connectivity index (χ1) is 13.8. The van der Waals surface area contributed by atoms with Gasteiger partial charge in [-0.25, -0.2) is 12.8 Å². The molecule has 3 atom stereocenters. The first kappa shape index (κ1) is 20.0. The minimum atomic E-state index is -3.43. The number of rotatable bonds is 7. The van der Waals surface area contributed by atoms with Crippen molar-refractivity contribution in [3.63, 3.8) is 0 Å². The van der Waals surface area contributed by atoms with Gasteiger partial charge in [0.15, 0.2) is 15.9 Å². The lowest BCUT2D eigenvalue weighted by Gasteiger charge is -2.24. The fourth-order valence-electron chi connectivity index (χ4n) is 3.95. The molecule has 4 rings (SSSR count). The minimum absolute atomic E-state index is 0.390. The van der Waals surface area contributed by atoms with Gasteiger partial charge in [0, 0.05) is 6.26 Å². The van der Waals surface area contributed by atoms with Crippen LogP contribution in [-0.4, -0.2) is 33.2 Å². The second-order valence-electron chi connectivity index (χ2n) is 7.98. The fourth-order valence-corrected chi connectivity index (χ4v) is 5.40. The summed E-state index contributed by atoms with van der Waals surface area (Å²) in [5, 5.41) is 2.11. The molecule has 1 fully saturated rings. The molecule has 154 valence electrons. The van der Waals surface area contributed by atoms with Crippen LogP contribution in [0.2, 0.25) is 0 Å². The Morgan fingerprint density at radius 2 is 1.86 bits per heavy atom. The lowest BCUT2D eigenvalue weighted by Crippen LogP contribution is -2.43. The second kappa shape index (κ2) is 7.88. The summed E-state index contributed by atoms with van der Waals surface area (Å²) in [6.45, 7) is 0.454. The molecule has 7 heteroatoms. The summed E-state index contributed by atoms with van der Waals surface area (Å²) in [7, 11) is -3.43. The van der Waals surface area contributed by atoms with Crippen LogP contribution in [0.25, 0.3) is 0 Å². The van der Waals surface area contributed by atoms with Gasteiger partial charge in [-0.2, -0.15) is 0 Å². The predicted molar refractivity (Wildman–Crippen MR) is 107 cm³/mol. The molecule has 0 bridgehead atoms. The van der Waals surface area contributed by atoms with E-state index in [1.165, 1.54) is 30.5 Å². The first-order valence-electron chi connectivity index (χ1n) is 9.77. The number of carbonyl (C=O) groups is 1. The van der Waals surface area contributed by atoms with E-state index in [-0.39, 0.29) is 0 Å². The van der Waals surface area contributed by atoms with Gasteiger partial charge in [0.1, 0.15) is 11.1 Å². The van der Waals surface area contributed by atoms with Crippen molar-refractivity contribution < 1.29 is 22.3 Å². The Morgan fingerprint density at radius 3 is 2.52 bits per heavy atom. The number of benzene rings is 2. The van der Waals surface area contributed by atoms with Crippen molar-refractivity contribution in [1.82, 2.24) is 5.32 Å². The van der Waals surface area contributed by atoms with E-state index in [4.69, 9.17) is 4.74 Å². The Morgan fingerprint density at radius 1 is 1.17 bits per heavy atom. The number of sulfone groups is 1. The van der Waals surface area contributed by atoms with Gasteiger partial charge in [-0.1, -0.05) is 36.4 Å². The maximum Gasteiger partial charge on any atom is 0.254 e. The summed E-state index contributed by atoms with van der Waals surface area (Å²) in [4.78, 5) is 13.1. The van der Waals surface area contributed by atoms with Crippen LogP contribution >= 0.6 is 0 Å². The van der Waals surface area contributed by atoms with E-state index in [0.717, 1.165) is 24.0 Å². The van der Waals surface area contributed by atoms with Gasteiger partial charge in [-0.3, -0.25) is 4.79 Å². The first-order valence-corrected chi connectivity index (χ1v) is 11.7. The number of amides is 1. The smallest absolute Gasteiger partial charge is 0.254 e. The Hall–Kier alpha value is -2.25. The number of ether oxygens (including phenoxy) is 1. The summed E-state index contributed by atoms with van der Waals surface area (Å²) >= 11 is 0. The van der Waals surface area contributed by atoms with Crippen molar-refractivity contribution >= 4 is 15.7 Å². The standard InChI is InChI=1S/C22H24FNO4S/c1-29(26,27)21-18-5-3-2-4-16(18)12-19(21)24-22(25)20(28-13-14-6-7-14)15-8-10-17(23)11-9-15/h2-5,8-11,14,19-21H,6-7,12-13H2,1H3,(H,24,25)/t19-,20?,21-/m0/s1.